The standard InChI is InChI=1S/C13H14N2O2/c1-2-8-17-13(16)10-6-5-9-4-3-7-15-12(9)11(10)14/h3-7H,2,8,14H2,1H3. The zero-order chi connectivity index (χ0) is 12.3. The summed E-state index contributed by atoms with van der Waals surface area (Å²) < 4.78 is 5.06. The summed E-state index contributed by atoms with van der Waals surface area (Å²) >= 11 is 0. The maximum atomic E-state index is 11.7. The molecule has 0 radical (unpaired) electrons. The molecule has 4 nitrogen and oxygen atoms in total. The second-order valence-electron chi connectivity index (χ2n) is 3.74. The number of nitrogen functional groups attached to an aromatic ring is 1. The van der Waals surface area contributed by atoms with Crippen LogP contribution >= 0.6 is 0 Å². The molecular weight excluding hydrogens is 216 g/mol. The van der Waals surface area contributed by atoms with Gasteiger partial charge in [-0.1, -0.05) is 19.1 Å². The van der Waals surface area contributed by atoms with E-state index < -0.39 is 5.97 Å². The Morgan fingerprint density at radius 2 is 2.24 bits per heavy atom. The van der Waals surface area contributed by atoms with Crippen LogP contribution in [0.5, 0.6) is 0 Å². The molecule has 0 atom stereocenters. The van der Waals surface area contributed by atoms with Crippen LogP contribution in [0.25, 0.3) is 10.9 Å². The normalized spacial score (nSPS) is 10.4. The Bertz CT molecular complexity index is 552. The number of aromatic nitrogens is 1. The highest BCUT2D eigenvalue weighted by Crippen LogP contribution is 2.23. The van der Waals surface area contributed by atoms with Gasteiger partial charge in [0.15, 0.2) is 0 Å². The zero-order valence-electron chi connectivity index (χ0n) is 9.64. The molecule has 2 rings (SSSR count). The Hall–Kier alpha value is -2.10. The van der Waals surface area contributed by atoms with E-state index in [0.717, 1.165) is 11.8 Å². The van der Waals surface area contributed by atoms with E-state index in [1.165, 1.54) is 0 Å². The van der Waals surface area contributed by atoms with Gasteiger partial charge in [0.2, 0.25) is 0 Å². The Morgan fingerprint density at radius 3 is 3.00 bits per heavy atom. The molecule has 2 N–H and O–H groups in total. The van der Waals surface area contributed by atoms with Crippen LogP contribution in [0, 0.1) is 0 Å². The van der Waals surface area contributed by atoms with E-state index in [2.05, 4.69) is 4.98 Å². The fourth-order valence-corrected chi connectivity index (χ4v) is 1.62. The number of carbonyl (C=O) groups is 1. The molecule has 0 bridgehead atoms. The topological polar surface area (TPSA) is 65.2 Å². The van der Waals surface area contributed by atoms with Gasteiger partial charge >= 0.3 is 5.97 Å². The molecule has 1 aromatic heterocycles. The van der Waals surface area contributed by atoms with Crippen LogP contribution in [-0.2, 0) is 4.74 Å². The second kappa shape index (κ2) is 4.82. The molecule has 2 aromatic rings. The van der Waals surface area contributed by atoms with Crippen molar-refractivity contribution in [2.75, 3.05) is 12.3 Å². The predicted octanol–water partition coefficient (Wildman–Crippen LogP) is 2.38. The second-order valence-corrected chi connectivity index (χ2v) is 3.74. The molecule has 0 aliphatic heterocycles. The number of anilines is 1. The van der Waals surface area contributed by atoms with Gasteiger partial charge in [-0.25, -0.2) is 4.79 Å². The van der Waals surface area contributed by atoms with Gasteiger partial charge in [0.1, 0.15) is 0 Å². The molecule has 88 valence electrons. The third-order valence-electron chi connectivity index (χ3n) is 2.47. The molecular formula is C13H14N2O2. The molecule has 0 saturated heterocycles. The van der Waals surface area contributed by atoms with E-state index in [-0.39, 0.29) is 0 Å². The molecule has 1 aromatic carbocycles. The van der Waals surface area contributed by atoms with E-state index in [0.29, 0.717) is 23.4 Å². The number of hydrogen-bond acceptors (Lipinski definition) is 4. The highest BCUT2D eigenvalue weighted by atomic mass is 16.5. The maximum absolute atomic E-state index is 11.7. The number of carbonyl (C=O) groups excluding carboxylic acids is 1. The predicted molar refractivity (Wildman–Crippen MR) is 66.7 cm³/mol. The van der Waals surface area contributed by atoms with Crippen LogP contribution in [-0.4, -0.2) is 17.6 Å². The van der Waals surface area contributed by atoms with E-state index in [4.69, 9.17) is 10.5 Å². The molecule has 0 fully saturated rings. The molecule has 0 aliphatic carbocycles. The number of nitrogens with two attached hydrogens (primary N) is 1. The van der Waals surface area contributed by atoms with E-state index in [1.807, 2.05) is 25.1 Å². The lowest BCUT2D eigenvalue weighted by Gasteiger charge is -2.07. The minimum Gasteiger partial charge on any atom is -0.462 e. The summed E-state index contributed by atoms with van der Waals surface area (Å²) in [5.41, 5.74) is 7.32. The number of rotatable bonds is 3. The summed E-state index contributed by atoms with van der Waals surface area (Å²) in [5, 5.41) is 0.914. The van der Waals surface area contributed by atoms with Crippen LogP contribution in [0.3, 0.4) is 0 Å². The molecule has 0 saturated carbocycles. The van der Waals surface area contributed by atoms with Crippen molar-refractivity contribution >= 4 is 22.6 Å². The number of esters is 1. The summed E-state index contributed by atoms with van der Waals surface area (Å²) in [7, 11) is 0. The lowest BCUT2D eigenvalue weighted by Crippen LogP contribution is -2.09. The first-order valence-electron chi connectivity index (χ1n) is 5.54. The molecule has 1 heterocycles. The van der Waals surface area contributed by atoms with Gasteiger partial charge < -0.3 is 10.5 Å². The lowest BCUT2D eigenvalue weighted by molar-refractivity contribution is 0.0506. The molecule has 0 amide bonds. The average Bonchev–Trinajstić information content (AvgIpc) is 2.37. The van der Waals surface area contributed by atoms with Crippen molar-refractivity contribution in [3.8, 4) is 0 Å². The van der Waals surface area contributed by atoms with Crippen molar-refractivity contribution in [1.82, 2.24) is 4.98 Å². The summed E-state index contributed by atoms with van der Waals surface area (Å²) in [6.07, 6.45) is 2.44. The van der Waals surface area contributed by atoms with Crippen LogP contribution in [0.4, 0.5) is 5.69 Å². The highest BCUT2D eigenvalue weighted by Gasteiger charge is 2.13. The molecule has 0 aliphatic rings. The SMILES string of the molecule is CCCOC(=O)c1ccc2cccnc2c1N. The third kappa shape index (κ3) is 2.20. The van der Waals surface area contributed by atoms with Gasteiger partial charge in [0.05, 0.1) is 23.4 Å². The minimum atomic E-state index is -0.392. The van der Waals surface area contributed by atoms with Gasteiger partial charge in [-0.3, -0.25) is 4.98 Å². The number of fused-ring (bicyclic) bond motifs is 1. The summed E-state index contributed by atoms with van der Waals surface area (Å²) in [4.78, 5) is 15.9. The largest absolute Gasteiger partial charge is 0.462 e. The number of pyridine rings is 1. The van der Waals surface area contributed by atoms with Crippen molar-refractivity contribution < 1.29 is 9.53 Å². The number of nitrogens with zero attached hydrogens (tertiary/aromatic N) is 1. The van der Waals surface area contributed by atoms with E-state index in [1.54, 1.807) is 12.3 Å². The first-order chi connectivity index (χ1) is 8.24. The van der Waals surface area contributed by atoms with Crippen LogP contribution < -0.4 is 5.73 Å². The monoisotopic (exact) mass is 230 g/mol. The van der Waals surface area contributed by atoms with Crippen molar-refractivity contribution in [3.63, 3.8) is 0 Å². The van der Waals surface area contributed by atoms with Gasteiger partial charge in [-0.15, -0.1) is 0 Å². The zero-order valence-corrected chi connectivity index (χ0v) is 9.64. The maximum Gasteiger partial charge on any atom is 0.340 e. The van der Waals surface area contributed by atoms with Crippen molar-refractivity contribution in [3.05, 3.63) is 36.0 Å². The number of benzene rings is 1. The van der Waals surface area contributed by atoms with Crippen LogP contribution in [0.1, 0.15) is 23.7 Å². The number of hydrogen-bond donors (Lipinski definition) is 1. The Balaban J connectivity index is 2.42. The van der Waals surface area contributed by atoms with Gasteiger partial charge in [-0.2, -0.15) is 0 Å². The van der Waals surface area contributed by atoms with Crippen molar-refractivity contribution in [1.29, 1.82) is 0 Å². The summed E-state index contributed by atoms with van der Waals surface area (Å²) in [6, 6.07) is 7.23. The fourth-order valence-electron chi connectivity index (χ4n) is 1.62. The quantitative estimate of drug-likeness (QED) is 0.649. The number of ether oxygens (including phenoxy) is 1. The summed E-state index contributed by atoms with van der Waals surface area (Å²) in [5.74, 6) is -0.392. The first-order valence-corrected chi connectivity index (χ1v) is 5.54. The van der Waals surface area contributed by atoms with Crippen LogP contribution in [0.2, 0.25) is 0 Å². The van der Waals surface area contributed by atoms with Crippen molar-refractivity contribution in [2.24, 2.45) is 0 Å². The first kappa shape index (κ1) is 11.4. The Kier molecular flexibility index (Phi) is 3.23. The molecule has 0 unspecified atom stereocenters. The molecule has 4 heteroatoms. The Labute approximate surface area is 99.4 Å². The lowest BCUT2D eigenvalue weighted by atomic mass is 10.1. The van der Waals surface area contributed by atoms with E-state index in [9.17, 15) is 4.79 Å². The third-order valence-corrected chi connectivity index (χ3v) is 2.47. The fraction of sp³-hybridized carbons (Fsp3) is 0.231. The Morgan fingerprint density at radius 1 is 1.41 bits per heavy atom. The smallest absolute Gasteiger partial charge is 0.340 e. The van der Waals surface area contributed by atoms with E-state index >= 15 is 0 Å². The highest BCUT2D eigenvalue weighted by molar-refractivity contribution is 6.03. The van der Waals surface area contributed by atoms with Gasteiger partial charge in [0.25, 0.3) is 0 Å². The van der Waals surface area contributed by atoms with Crippen LogP contribution in [0.15, 0.2) is 30.5 Å². The van der Waals surface area contributed by atoms with Crippen molar-refractivity contribution in [2.45, 2.75) is 13.3 Å². The van der Waals surface area contributed by atoms with Gasteiger partial charge in [0, 0.05) is 11.6 Å². The minimum absolute atomic E-state index is 0.379. The average molecular weight is 230 g/mol. The van der Waals surface area contributed by atoms with Gasteiger partial charge in [-0.05, 0) is 18.6 Å². The summed E-state index contributed by atoms with van der Waals surface area (Å²) in [6.45, 7) is 2.34. The molecule has 17 heavy (non-hydrogen) atoms. The molecule has 0 spiro atoms.